The first-order valence-corrected chi connectivity index (χ1v) is 12.2. The number of halogens is 4. The molecule has 2 aromatic carbocycles. The third kappa shape index (κ3) is 6.18. The molecule has 1 aliphatic rings. The summed E-state index contributed by atoms with van der Waals surface area (Å²) in [6.45, 7) is 1.46. The molecule has 1 aliphatic heterocycles. The van der Waals surface area contributed by atoms with Gasteiger partial charge < -0.3 is 19.4 Å². The van der Waals surface area contributed by atoms with E-state index in [2.05, 4.69) is 10.1 Å². The first-order valence-electron chi connectivity index (χ1n) is 11.8. The standard InChI is InChI=1S/C25H26ClF3N6O3/c1-16-30-15-35(31-16)21-6-4-17(12-22(21)38-2)32-8-7-24(36)33(10-9-32)14-25(37)34(13-23(28)29)18-3-5-20(27)19(26)11-18/h3-6,11-12,15,23H,7-10,13-14H2,1-2H3. The van der Waals surface area contributed by atoms with E-state index in [1.807, 2.05) is 23.1 Å². The molecule has 0 bridgehead atoms. The molecule has 202 valence electrons. The largest absolute Gasteiger partial charge is 0.494 e. The van der Waals surface area contributed by atoms with Crippen molar-refractivity contribution in [3.8, 4) is 11.4 Å². The maximum atomic E-state index is 13.6. The summed E-state index contributed by atoms with van der Waals surface area (Å²) < 4.78 is 47.3. The van der Waals surface area contributed by atoms with Gasteiger partial charge in [-0.05, 0) is 37.3 Å². The van der Waals surface area contributed by atoms with E-state index in [0.717, 1.165) is 22.7 Å². The lowest BCUT2D eigenvalue weighted by Crippen LogP contribution is -2.45. The van der Waals surface area contributed by atoms with Crippen LogP contribution in [0.2, 0.25) is 5.02 Å². The molecule has 38 heavy (non-hydrogen) atoms. The number of aryl methyl sites for hydroxylation is 1. The summed E-state index contributed by atoms with van der Waals surface area (Å²) in [6.07, 6.45) is -1.13. The van der Waals surface area contributed by atoms with Gasteiger partial charge in [0.1, 0.15) is 36.0 Å². The average Bonchev–Trinajstić information content (AvgIpc) is 3.24. The number of carbonyl (C=O) groups excluding carboxylic acids is 2. The third-order valence-electron chi connectivity index (χ3n) is 6.13. The van der Waals surface area contributed by atoms with Crippen LogP contribution in [0.1, 0.15) is 12.2 Å². The highest BCUT2D eigenvalue weighted by Crippen LogP contribution is 2.29. The molecule has 2 amide bonds. The second kappa shape index (κ2) is 11.7. The van der Waals surface area contributed by atoms with Gasteiger partial charge in [-0.15, -0.1) is 0 Å². The number of anilines is 2. The molecule has 3 aromatic rings. The van der Waals surface area contributed by atoms with E-state index in [9.17, 15) is 22.8 Å². The second-order valence-corrected chi connectivity index (χ2v) is 9.05. The van der Waals surface area contributed by atoms with Crippen molar-refractivity contribution < 1.29 is 27.5 Å². The molecular weight excluding hydrogens is 525 g/mol. The van der Waals surface area contributed by atoms with Crippen LogP contribution in [0.3, 0.4) is 0 Å². The smallest absolute Gasteiger partial charge is 0.256 e. The molecule has 1 fully saturated rings. The lowest BCUT2D eigenvalue weighted by atomic mass is 10.2. The maximum absolute atomic E-state index is 13.6. The van der Waals surface area contributed by atoms with Gasteiger partial charge in [0.25, 0.3) is 6.43 Å². The monoisotopic (exact) mass is 550 g/mol. The van der Waals surface area contributed by atoms with Gasteiger partial charge in [-0.2, -0.15) is 5.10 Å². The zero-order valence-corrected chi connectivity index (χ0v) is 21.5. The maximum Gasteiger partial charge on any atom is 0.256 e. The second-order valence-electron chi connectivity index (χ2n) is 8.64. The number of rotatable bonds is 8. The Bertz CT molecular complexity index is 1320. The molecular formula is C25H26ClF3N6O3. The van der Waals surface area contributed by atoms with Gasteiger partial charge >= 0.3 is 0 Å². The van der Waals surface area contributed by atoms with Gasteiger partial charge in [-0.1, -0.05) is 11.6 Å². The summed E-state index contributed by atoms with van der Waals surface area (Å²) in [7, 11) is 1.55. The number of amides is 2. The molecule has 0 saturated carbocycles. The van der Waals surface area contributed by atoms with E-state index in [0.29, 0.717) is 30.4 Å². The van der Waals surface area contributed by atoms with Gasteiger partial charge in [0.05, 0.1) is 18.7 Å². The molecule has 2 heterocycles. The van der Waals surface area contributed by atoms with Crippen molar-refractivity contribution in [2.24, 2.45) is 0 Å². The van der Waals surface area contributed by atoms with E-state index < -0.39 is 31.2 Å². The summed E-state index contributed by atoms with van der Waals surface area (Å²) in [6, 6.07) is 8.86. The SMILES string of the molecule is COc1cc(N2CCC(=O)N(CC(=O)N(CC(F)F)c3ccc(F)c(Cl)c3)CC2)ccc1-n1cnc(C)n1. The topological polar surface area (TPSA) is 83.8 Å². The molecule has 1 aromatic heterocycles. The van der Waals surface area contributed by atoms with Crippen LogP contribution in [0.25, 0.3) is 5.69 Å². The van der Waals surface area contributed by atoms with Gasteiger partial charge in [-0.25, -0.2) is 22.8 Å². The highest BCUT2D eigenvalue weighted by Gasteiger charge is 2.28. The fourth-order valence-corrected chi connectivity index (χ4v) is 4.37. The summed E-state index contributed by atoms with van der Waals surface area (Å²) >= 11 is 5.79. The van der Waals surface area contributed by atoms with Crippen molar-refractivity contribution in [3.63, 3.8) is 0 Å². The number of ether oxygens (including phenoxy) is 1. The van der Waals surface area contributed by atoms with E-state index in [1.54, 1.807) is 25.0 Å². The first-order chi connectivity index (χ1) is 18.2. The first kappa shape index (κ1) is 27.2. The van der Waals surface area contributed by atoms with E-state index >= 15 is 0 Å². The predicted octanol–water partition coefficient (Wildman–Crippen LogP) is 3.71. The fraction of sp³-hybridized carbons (Fsp3) is 0.360. The molecule has 0 radical (unpaired) electrons. The lowest BCUT2D eigenvalue weighted by molar-refractivity contribution is -0.134. The number of alkyl halides is 2. The molecule has 0 N–H and O–H groups in total. The van der Waals surface area contributed by atoms with Crippen LogP contribution in [0.5, 0.6) is 5.75 Å². The molecule has 0 unspecified atom stereocenters. The molecule has 9 nitrogen and oxygen atoms in total. The van der Waals surface area contributed by atoms with Gasteiger partial charge in [0.2, 0.25) is 11.8 Å². The average molecular weight is 551 g/mol. The Morgan fingerprint density at radius 2 is 1.97 bits per heavy atom. The van der Waals surface area contributed by atoms with Gasteiger partial charge in [-0.3, -0.25) is 9.59 Å². The number of hydrogen-bond donors (Lipinski definition) is 0. The number of carbonyl (C=O) groups is 2. The summed E-state index contributed by atoms with van der Waals surface area (Å²) in [5, 5.41) is 4.01. The van der Waals surface area contributed by atoms with Crippen LogP contribution < -0.4 is 14.5 Å². The van der Waals surface area contributed by atoms with Crippen molar-refractivity contribution in [1.82, 2.24) is 19.7 Å². The Morgan fingerprint density at radius 3 is 2.63 bits per heavy atom. The number of nitrogens with zero attached hydrogens (tertiary/aromatic N) is 6. The predicted molar refractivity (Wildman–Crippen MR) is 136 cm³/mol. The van der Waals surface area contributed by atoms with E-state index in [4.69, 9.17) is 16.3 Å². The van der Waals surface area contributed by atoms with Crippen molar-refractivity contribution in [1.29, 1.82) is 0 Å². The minimum atomic E-state index is -2.84. The van der Waals surface area contributed by atoms with Crippen LogP contribution in [0, 0.1) is 12.7 Å². The number of aromatic nitrogens is 3. The van der Waals surface area contributed by atoms with Crippen LogP contribution in [-0.2, 0) is 9.59 Å². The van der Waals surface area contributed by atoms with Gasteiger partial charge in [0, 0.05) is 43.5 Å². The van der Waals surface area contributed by atoms with Crippen molar-refractivity contribution in [2.75, 3.05) is 49.6 Å². The summed E-state index contributed by atoms with van der Waals surface area (Å²) in [4.78, 5) is 34.2. The minimum absolute atomic E-state index is 0.0281. The summed E-state index contributed by atoms with van der Waals surface area (Å²) in [5.41, 5.74) is 1.54. The zero-order valence-electron chi connectivity index (χ0n) is 20.8. The lowest BCUT2D eigenvalue weighted by Gasteiger charge is -2.27. The Balaban J connectivity index is 1.48. The molecule has 4 rings (SSSR count). The molecule has 0 spiro atoms. The van der Waals surface area contributed by atoms with Crippen molar-refractivity contribution in [2.45, 2.75) is 19.8 Å². The van der Waals surface area contributed by atoms with E-state index in [-0.39, 0.29) is 29.6 Å². The highest BCUT2D eigenvalue weighted by molar-refractivity contribution is 6.31. The normalized spacial score (nSPS) is 14.1. The van der Waals surface area contributed by atoms with Gasteiger partial charge in [0.15, 0.2) is 0 Å². The van der Waals surface area contributed by atoms with Crippen LogP contribution >= 0.6 is 11.6 Å². The Morgan fingerprint density at radius 1 is 1.18 bits per heavy atom. The van der Waals surface area contributed by atoms with Crippen molar-refractivity contribution >= 4 is 34.8 Å². The number of methoxy groups -OCH3 is 1. The third-order valence-corrected chi connectivity index (χ3v) is 6.42. The minimum Gasteiger partial charge on any atom is -0.494 e. The Labute approximate surface area is 222 Å². The van der Waals surface area contributed by atoms with E-state index in [1.165, 1.54) is 11.0 Å². The molecule has 13 heteroatoms. The summed E-state index contributed by atoms with van der Waals surface area (Å²) in [5.74, 6) is -0.550. The number of benzene rings is 2. The molecule has 1 saturated heterocycles. The van der Waals surface area contributed by atoms with Crippen LogP contribution in [-0.4, -0.2) is 77.7 Å². The number of hydrogen-bond acceptors (Lipinski definition) is 6. The Kier molecular flexibility index (Phi) is 8.40. The van der Waals surface area contributed by atoms with Crippen molar-refractivity contribution in [3.05, 3.63) is 59.4 Å². The Hall–Kier alpha value is -3.80. The zero-order chi connectivity index (χ0) is 27.4. The van der Waals surface area contributed by atoms with Crippen LogP contribution in [0.15, 0.2) is 42.7 Å². The quantitative estimate of drug-likeness (QED) is 0.425. The fourth-order valence-electron chi connectivity index (χ4n) is 4.20. The molecule has 0 aliphatic carbocycles. The molecule has 0 atom stereocenters. The van der Waals surface area contributed by atoms with Crippen LogP contribution in [0.4, 0.5) is 24.5 Å². The highest BCUT2D eigenvalue weighted by atomic mass is 35.5.